The number of benzene rings is 2. The van der Waals surface area contributed by atoms with Crippen LogP contribution in [0.15, 0.2) is 60.8 Å². The maximum Gasteiger partial charge on any atom is 0.265 e. The minimum absolute atomic E-state index is 0.00330. The molecule has 4 rings (SSSR count). The van der Waals surface area contributed by atoms with Gasteiger partial charge in [0.15, 0.2) is 0 Å². The molecule has 0 fully saturated rings. The SMILES string of the molecule is CC(C)(C)S(=O)(=O)NC(=O)c1ccc(F)cc1-c1ccc2c(c1)OCC(Cc1ccccn1)[C@H]2O. The average Bonchev–Trinajstić information content (AvgIpc) is 2.80. The van der Waals surface area contributed by atoms with Crippen LogP contribution < -0.4 is 9.46 Å². The first kappa shape index (κ1) is 24.8. The number of nitrogens with one attached hydrogen (secondary N) is 1. The number of halogens is 1. The quantitative estimate of drug-likeness (QED) is 0.550. The number of rotatable bonds is 5. The molecule has 0 aliphatic carbocycles. The maximum atomic E-state index is 14.2. The fourth-order valence-corrected chi connectivity index (χ4v) is 4.51. The summed E-state index contributed by atoms with van der Waals surface area (Å²) in [7, 11) is -3.96. The predicted octanol–water partition coefficient (Wildman–Crippen LogP) is 4.03. The Bertz CT molecular complexity index is 1350. The van der Waals surface area contributed by atoms with Gasteiger partial charge in [0.2, 0.25) is 10.0 Å². The van der Waals surface area contributed by atoms with Gasteiger partial charge in [0.1, 0.15) is 11.6 Å². The van der Waals surface area contributed by atoms with E-state index in [9.17, 15) is 22.7 Å². The van der Waals surface area contributed by atoms with E-state index in [1.54, 1.807) is 24.4 Å². The molecule has 2 N–H and O–H groups in total. The zero-order chi connectivity index (χ0) is 25.4. The summed E-state index contributed by atoms with van der Waals surface area (Å²) in [6.07, 6.45) is 1.45. The van der Waals surface area contributed by atoms with E-state index in [1.807, 2.05) is 18.2 Å². The third kappa shape index (κ3) is 5.21. The number of pyridine rings is 1. The van der Waals surface area contributed by atoms with E-state index in [2.05, 4.69) is 9.71 Å². The van der Waals surface area contributed by atoms with Gasteiger partial charge in [-0.2, -0.15) is 0 Å². The van der Waals surface area contributed by atoms with E-state index < -0.39 is 32.6 Å². The molecule has 1 aromatic heterocycles. The Morgan fingerprint density at radius 3 is 2.63 bits per heavy atom. The number of carbonyl (C=O) groups is 1. The molecule has 9 heteroatoms. The molecule has 1 amide bonds. The highest BCUT2D eigenvalue weighted by Gasteiger charge is 2.33. The van der Waals surface area contributed by atoms with Gasteiger partial charge < -0.3 is 9.84 Å². The molecule has 1 unspecified atom stereocenters. The second-order valence-electron chi connectivity index (χ2n) is 9.53. The van der Waals surface area contributed by atoms with Crippen LogP contribution in [0.5, 0.6) is 5.75 Å². The van der Waals surface area contributed by atoms with Crippen molar-refractivity contribution >= 4 is 15.9 Å². The number of carbonyl (C=O) groups excluding carboxylic acids is 1. The number of hydrogen-bond donors (Lipinski definition) is 2. The van der Waals surface area contributed by atoms with Crippen LogP contribution in [-0.2, 0) is 16.4 Å². The van der Waals surface area contributed by atoms with Crippen LogP contribution in [0, 0.1) is 11.7 Å². The van der Waals surface area contributed by atoms with Crippen LogP contribution in [0.4, 0.5) is 4.39 Å². The predicted molar refractivity (Wildman–Crippen MR) is 130 cm³/mol. The van der Waals surface area contributed by atoms with Gasteiger partial charge in [-0.15, -0.1) is 0 Å². The summed E-state index contributed by atoms with van der Waals surface area (Å²) in [4.78, 5) is 17.2. The van der Waals surface area contributed by atoms with Crippen molar-refractivity contribution in [2.45, 2.75) is 38.0 Å². The van der Waals surface area contributed by atoms with Crippen molar-refractivity contribution in [2.75, 3.05) is 6.61 Å². The van der Waals surface area contributed by atoms with Crippen molar-refractivity contribution in [3.8, 4) is 16.9 Å². The van der Waals surface area contributed by atoms with E-state index >= 15 is 0 Å². The summed E-state index contributed by atoms with van der Waals surface area (Å²) < 4.78 is 45.9. The van der Waals surface area contributed by atoms with Crippen molar-refractivity contribution in [1.82, 2.24) is 9.71 Å². The summed E-state index contributed by atoms with van der Waals surface area (Å²) in [5.74, 6) is -1.21. The second-order valence-corrected chi connectivity index (χ2v) is 12.0. The Balaban J connectivity index is 1.64. The van der Waals surface area contributed by atoms with Crippen molar-refractivity contribution in [2.24, 2.45) is 5.92 Å². The lowest BCUT2D eigenvalue weighted by Gasteiger charge is -2.30. The van der Waals surface area contributed by atoms with E-state index in [1.165, 1.54) is 32.9 Å². The lowest BCUT2D eigenvalue weighted by Crippen LogP contribution is -2.42. The van der Waals surface area contributed by atoms with Crippen molar-refractivity contribution in [3.63, 3.8) is 0 Å². The topological polar surface area (TPSA) is 106 Å². The van der Waals surface area contributed by atoms with E-state index in [4.69, 9.17) is 4.74 Å². The Morgan fingerprint density at radius 2 is 1.94 bits per heavy atom. The maximum absolute atomic E-state index is 14.2. The summed E-state index contributed by atoms with van der Waals surface area (Å²) >= 11 is 0. The Labute approximate surface area is 204 Å². The molecule has 2 heterocycles. The molecule has 3 aromatic rings. The Morgan fingerprint density at radius 1 is 1.17 bits per heavy atom. The van der Waals surface area contributed by atoms with Gasteiger partial charge in [0, 0.05) is 28.9 Å². The first-order valence-electron chi connectivity index (χ1n) is 11.2. The molecular weight excluding hydrogens is 471 g/mol. The molecule has 1 aliphatic rings. The number of fused-ring (bicyclic) bond motifs is 1. The zero-order valence-electron chi connectivity index (χ0n) is 19.7. The van der Waals surface area contributed by atoms with Crippen LogP contribution in [0.1, 0.15) is 48.5 Å². The average molecular weight is 499 g/mol. The van der Waals surface area contributed by atoms with E-state index in [0.717, 1.165) is 11.8 Å². The lowest BCUT2D eigenvalue weighted by molar-refractivity contribution is 0.0503. The molecule has 2 aromatic carbocycles. The molecule has 0 radical (unpaired) electrons. The van der Waals surface area contributed by atoms with Crippen molar-refractivity contribution in [3.05, 3.63) is 83.4 Å². The molecule has 35 heavy (non-hydrogen) atoms. The Hall–Kier alpha value is -3.30. The number of amides is 1. The van der Waals surface area contributed by atoms with E-state index in [0.29, 0.717) is 23.3 Å². The largest absolute Gasteiger partial charge is 0.493 e. The van der Waals surface area contributed by atoms with Gasteiger partial charge in [0.05, 0.1) is 17.5 Å². The molecular formula is C26H27FN2O5S. The van der Waals surface area contributed by atoms with Gasteiger partial charge in [-0.3, -0.25) is 9.78 Å². The van der Waals surface area contributed by atoms with Crippen molar-refractivity contribution in [1.29, 1.82) is 0 Å². The minimum Gasteiger partial charge on any atom is -0.493 e. The standard InChI is InChI=1S/C26H27FN2O5S/c1-26(2,3)35(32,33)29-25(31)20-10-8-18(27)14-22(20)16-7-9-21-23(13-16)34-15-17(24(21)30)12-19-6-4-5-11-28-19/h4-11,13-14,17,24,30H,12,15H2,1-3H3,(H,29,31)/t17?,24-/m1/s1. The van der Waals surface area contributed by atoms with Crippen molar-refractivity contribution < 1.29 is 27.4 Å². The first-order valence-corrected chi connectivity index (χ1v) is 12.7. The number of aliphatic hydroxyl groups is 1. The molecule has 184 valence electrons. The van der Waals surface area contributed by atoms with Crippen LogP contribution in [-0.4, -0.2) is 35.8 Å². The summed E-state index contributed by atoms with van der Waals surface area (Å²) in [6.45, 7) is 4.68. The van der Waals surface area contributed by atoms with Crippen LogP contribution in [0.2, 0.25) is 0 Å². The Kier molecular flexibility index (Phi) is 6.66. The fourth-order valence-electron chi connectivity index (χ4n) is 3.85. The highest BCUT2D eigenvalue weighted by Crippen LogP contribution is 2.39. The van der Waals surface area contributed by atoms with Gasteiger partial charge in [-0.1, -0.05) is 18.2 Å². The number of sulfonamides is 1. The number of hydrogen-bond acceptors (Lipinski definition) is 6. The lowest BCUT2D eigenvalue weighted by atomic mass is 9.88. The van der Waals surface area contributed by atoms with Crippen LogP contribution in [0.3, 0.4) is 0 Å². The third-order valence-corrected chi connectivity index (χ3v) is 8.07. The number of aromatic nitrogens is 1. The van der Waals surface area contributed by atoms with Gasteiger partial charge >= 0.3 is 0 Å². The molecule has 0 saturated heterocycles. The number of ether oxygens (including phenoxy) is 1. The smallest absolute Gasteiger partial charge is 0.265 e. The van der Waals surface area contributed by atoms with E-state index in [-0.39, 0.29) is 23.7 Å². The van der Waals surface area contributed by atoms with Gasteiger partial charge in [0.25, 0.3) is 5.91 Å². The van der Waals surface area contributed by atoms with Crippen LogP contribution in [0.25, 0.3) is 11.1 Å². The first-order chi connectivity index (χ1) is 16.5. The van der Waals surface area contributed by atoms with Gasteiger partial charge in [-0.25, -0.2) is 17.5 Å². The fraction of sp³-hybridized carbons (Fsp3) is 0.308. The third-order valence-electron chi connectivity index (χ3n) is 6.00. The van der Waals surface area contributed by atoms with Crippen LogP contribution >= 0.6 is 0 Å². The molecule has 7 nitrogen and oxygen atoms in total. The normalized spacial score (nSPS) is 17.9. The number of nitrogens with zero attached hydrogens (tertiary/aromatic N) is 1. The molecule has 0 saturated carbocycles. The summed E-state index contributed by atoms with van der Waals surface area (Å²) in [5.41, 5.74) is 2.10. The second kappa shape index (κ2) is 9.39. The highest BCUT2D eigenvalue weighted by atomic mass is 32.2. The number of aliphatic hydroxyl groups excluding tert-OH is 1. The minimum atomic E-state index is -3.96. The molecule has 2 atom stereocenters. The monoisotopic (exact) mass is 498 g/mol. The zero-order valence-corrected chi connectivity index (χ0v) is 20.5. The van der Waals surface area contributed by atoms with Gasteiger partial charge in [-0.05, 0) is 74.7 Å². The molecule has 0 spiro atoms. The highest BCUT2D eigenvalue weighted by molar-refractivity contribution is 7.91. The summed E-state index contributed by atoms with van der Waals surface area (Å²) in [5, 5.41) is 10.9. The molecule has 0 bridgehead atoms. The summed E-state index contributed by atoms with van der Waals surface area (Å²) in [6, 6.07) is 14.1. The molecule has 1 aliphatic heterocycles.